The molecule has 2 aromatic rings. The summed E-state index contributed by atoms with van der Waals surface area (Å²) in [6, 6.07) is 7.29. The molecule has 1 saturated heterocycles. The number of anilines is 2. The third-order valence-corrected chi connectivity index (χ3v) is 5.08. The van der Waals surface area contributed by atoms with E-state index in [9.17, 15) is 4.79 Å². The van der Waals surface area contributed by atoms with Crippen molar-refractivity contribution < 1.29 is 9.53 Å². The quantitative estimate of drug-likeness (QED) is 0.653. The van der Waals surface area contributed by atoms with E-state index in [0.29, 0.717) is 24.4 Å². The van der Waals surface area contributed by atoms with Crippen molar-refractivity contribution in [2.24, 2.45) is 0 Å². The molecule has 144 valence electrons. The zero-order chi connectivity index (χ0) is 19.2. The third-order valence-electron chi connectivity index (χ3n) is 4.39. The monoisotopic (exact) mass is 433 g/mol. The second-order valence-corrected chi connectivity index (χ2v) is 7.24. The SMILES string of the molecule is COc1ccc(Br)c(C(=O)NCCNc2cc(N3CCCC3)nc(C)n2)c1. The fourth-order valence-electron chi connectivity index (χ4n) is 3.02. The van der Waals surface area contributed by atoms with Crippen LogP contribution in [0.4, 0.5) is 11.6 Å². The molecular formula is C19H24BrN5O2. The average molecular weight is 434 g/mol. The van der Waals surface area contributed by atoms with E-state index in [4.69, 9.17) is 4.74 Å². The number of aromatic nitrogens is 2. The predicted octanol–water partition coefficient (Wildman–Crippen LogP) is 3.00. The summed E-state index contributed by atoms with van der Waals surface area (Å²) in [5, 5.41) is 6.17. The molecule has 8 heteroatoms. The second-order valence-electron chi connectivity index (χ2n) is 6.38. The minimum Gasteiger partial charge on any atom is -0.497 e. The fraction of sp³-hybridized carbons (Fsp3) is 0.421. The zero-order valence-electron chi connectivity index (χ0n) is 15.6. The molecule has 2 heterocycles. The topological polar surface area (TPSA) is 79.4 Å². The number of amides is 1. The molecule has 3 rings (SSSR count). The van der Waals surface area contributed by atoms with Crippen molar-refractivity contribution in [2.45, 2.75) is 19.8 Å². The maximum atomic E-state index is 12.4. The Hall–Kier alpha value is -2.35. The number of carbonyl (C=O) groups excluding carboxylic acids is 1. The first-order valence-electron chi connectivity index (χ1n) is 9.03. The van der Waals surface area contributed by atoms with Gasteiger partial charge in [-0.05, 0) is 53.9 Å². The molecule has 0 aliphatic carbocycles. The average Bonchev–Trinajstić information content (AvgIpc) is 3.20. The van der Waals surface area contributed by atoms with Crippen molar-refractivity contribution in [2.75, 3.05) is 43.5 Å². The van der Waals surface area contributed by atoms with Gasteiger partial charge in [-0.25, -0.2) is 9.97 Å². The largest absolute Gasteiger partial charge is 0.497 e. The molecule has 0 saturated carbocycles. The number of methoxy groups -OCH3 is 1. The molecule has 0 radical (unpaired) electrons. The van der Waals surface area contributed by atoms with Gasteiger partial charge in [-0.2, -0.15) is 0 Å². The molecular weight excluding hydrogens is 410 g/mol. The number of carbonyl (C=O) groups is 1. The van der Waals surface area contributed by atoms with Gasteiger partial charge in [0, 0.05) is 36.7 Å². The molecule has 27 heavy (non-hydrogen) atoms. The summed E-state index contributed by atoms with van der Waals surface area (Å²) in [5.74, 6) is 2.98. The standard InChI is InChI=1S/C19H24BrN5O2/c1-13-23-17(12-18(24-13)25-9-3-4-10-25)21-7-8-22-19(26)15-11-14(27-2)5-6-16(15)20/h5-6,11-12H,3-4,7-10H2,1-2H3,(H,22,26)(H,21,23,24). The van der Waals surface area contributed by atoms with Crippen LogP contribution in [0.2, 0.25) is 0 Å². The Kier molecular flexibility index (Phi) is 6.49. The van der Waals surface area contributed by atoms with E-state index in [0.717, 1.165) is 35.0 Å². The van der Waals surface area contributed by atoms with Gasteiger partial charge in [-0.1, -0.05) is 0 Å². The molecule has 0 spiro atoms. The minimum atomic E-state index is -0.154. The van der Waals surface area contributed by atoms with Crippen molar-refractivity contribution in [1.29, 1.82) is 0 Å². The van der Waals surface area contributed by atoms with Crippen LogP contribution in [0.3, 0.4) is 0 Å². The van der Waals surface area contributed by atoms with Gasteiger partial charge in [0.1, 0.15) is 23.2 Å². The van der Waals surface area contributed by atoms with Crippen LogP contribution in [0.15, 0.2) is 28.7 Å². The summed E-state index contributed by atoms with van der Waals surface area (Å²) in [6.45, 7) is 5.03. The van der Waals surface area contributed by atoms with Crippen LogP contribution in [0.5, 0.6) is 5.75 Å². The van der Waals surface area contributed by atoms with E-state index in [1.54, 1.807) is 25.3 Å². The van der Waals surface area contributed by atoms with Gasteiger partial charge in [0.05, 0.1) is 12.7 Å². The van der Waals surface area contributed by atoms with Crippen LogP contribution in [0.1, 0.15) is 29.0 Å². The first-order chi connectivity index (χ1) is 13.1. The number of nitrogens with zero attached hydrogens (tertiary/aromatic N) is 3. The molecule has 1 amide bonds. The highest BCUT2D eigenvalue weighted by atomic mass is 79.9. The van der Waals surface area contributed by atoms with Gasteiger partial charge < -0.3 is 20.3 Å². The number of halogens is 1. The maximum absolute atomic E-state index is 12.4. The lowest BCUT2D eigenvalue weighted by atomic mass is 10.2. The van der Waals surface area contributed by atoms with Gasteiger partial charge in [0.2, 0.25) is 0 Å². The van der Waals surface area contributed by atoms with Gasteiger partial charge in [0.25, 0.3) is 5.91 Å². The Morgan fingerprint density at radius 2 is 2.00 bits per heavy atom. The summed E-state index contributed by atoms with van der Waals surface area (Å²) in [6.07, 6.45) is 2.41. The Balaban J connectivity index is 1.53. The van der Waals surface area contributed by atoms with Crippen LogP contribution in [0, 0.1) is 6.92 Å². The second kappa shape index (κ2) is 9.03. The number of hydrogen-bond donors (Lipinski definition) is 2. The smallest absolute Gasteiger partial charge is 0.252 e. The molecule has 1 aromatic carbocycles. The Bertz CT molecular complexity index is 809. The highest BCUT2D eigenvalue weighted by Gasteiger charge is 2.15. The number of ether oxygens (including phenoxy) is 1. The molecule has 0 atom stereocenters. The zero-order valence-corrected chi connectivity index (χ0v) is 17.2. The Labute approximate surface area is 167 Å². The van der Waals surface area contributed by atoms with Crippen LogP contribution in [-0.4, -0.2) is 49.2 Å². The third kappa shape index (κ3) is 5.09. The number of nitrogens with one attached hydrogen (secondary N) is 2. The van der Waals surface area contributed by atoms with E-state index in [1.165, 1.54) is 12.8 Å². The molecule has 1 aliphatic rings. The van der Waals surface area contributed by atoms with Crippen molar-refractivity contribution in [3.05, 3.63) is 40.1 Å². The number of aryl methyl sites for hydroxylation is 1. The number of rotatable bonds is 7. The van der Waals surface area contributed by atoms with Crippen molar-refractivity contribution >= 4 is 33.5 Å². The highest BCUT2D eigenvalue weighted by molar-refractivity contribution is 9.10. The fourth-order valence-corrected chi connectivity index (χ4v) is 3.44. The summed E-state index contributed by atoms with van der Waals surface area (Å²) >= 11 is 3.40. The molecule has 0 bridgehead atoms. The minimum absolute atomic E-state index is 0.154. The lowest BCUT2D eigenvalue weighted by molar-refractivity contribution is 0.0954. The summed E-state index contributed by atoms with van der Waals surface area (Å²) in [5.41, 5.74) is 0.545. The maximum Gasteiger partial charge on any atom is 0.252 e. The molecule has 2 N–H and O–H groups in total. The highest BCUT2D eigenvalue weighted by Crippen LogP contribution is 2.22. The first kappa shape index (κ1) is 19.4. The van der Waals surface area contributed by atoms with Gasteiger partial charge in [-0.15, -0.1) is 0 Å². The summed E-state index contributed by atoms with van der Waals surface area (Å²) < 4.78 is 5.91. The summed E-state index contributed by atoms with van der Waals surface area (Å²) in [7, 11) is 1.58. The Morgan fingerprint density at radius 1 is 1.22 bits per heavy atom. The van der Waals surface area contributed by atoms with E-state index in [2.05, 4.69) is 41.4 Å². The Morgan fingerprint density at radius 3 is 2.74 bits per heavy atom. The van der Waals surface area contributed by atoms with Crippen LogP contribution >= 0.6 is 15.9 Å². The van der Waals surface area contributed by atoms with Gasteiger partial charge >= 0.3 is 0 Å². The van der Waals surface area contributed by atoms with Crippen molar-refractivity contribution in [3.8, 4) is 5.75 Å². The van der Waals surface area contributed by atoms with Gasteiger partial charge in [0.15, 0.2) is 0 Å². The van der Waals surface area contributed by atoms with Gasteiger partial charge in [-0.3, -0.25) is 4.79 Å². The molecule has 7 nitrogen and oxygen atoms in total. The molecule has 1 fully saturated rings. The lowest BCUT2D eigenvalue weighted by Crippen LogP contribution is -2.29. The van der Waals surface area contributed by atoms with E-state index in [1.807, 2.05) is 13.0 Å². The normalized spacial score (nSPS) is 13.5. The van der Waals surface area contributed by atoms with E-state index >= 15 is 0 Å². The number of hydrogen-bond acceptors (Lipinski definition) is 6. The number of benzene rings is 1. The van der Waals surface area contributed by atoms with E-state index < -0.39 is 0 Å². The molecule has 0 unspecified atom stereocenters. The lowest BCUT2D eigenvalue weighted by Gasteiger charge is -2.18. The molecule has 1 aliphatic heterocycles. The first-order valence-corrected chi connectivity index (χ1v) is 9.82. The predicted molar refractivity (Wildman–Crippen MR) is 110 cm³/mol. The van der Waals surface area contributed by atoms with Crippen molar-refractivity contribution in [1.82, 2.24) is 15.3 Å². The molecule has 1 aromatic heterocycles. The van der Waals surface area contributed by atoms with Crippen LogP contribution < -0.4 is 20.3 Å². The van der Waals surface area contributed by atoms with E-state index in [-0.39, 0.29) is 5.91 Å². The van der Waals surface area contributed by atoms with Crippen LogP contribution in [0.25, 0.3) is 0 Å². The van der Waals surface area contributed by atoms with Crippen LogP contribution in [-0.2, 0) is 0 Å². The summed E-state index contributed by atoms with van der Waals surface area (Å²) in [4.78, 5) is 23.6. The van der Waals surface area contributed by atoms with Crippen molar-refractivity contribution in [3.63, 3.8) is 0 Å².